The monoisotopic (exact) mass is 304 g/mol. The molecule has 0 aliphatic carbocycles. The van der Waals surface area contributed by atoms with Crippen molar-refractivity contribution < 1.29 is 4.79 Å². The fraction of sp³-hybridized carbons (Fsp3) is 0.400. The van der Waals surface area contributed by atoms with Crippen LogP contribution in [-0.4, -0.2) is 33.0 Å². The van der Waals surface area contributed by atoms with Gasteiger partial charge < -0.3 is 9.88 Å². The Morgan fingerprint density at radius 3 is 2.67 bits per heavy atom. The number of hydrogen-bond donors (Lipinski definition) is 1. The molecule has 112 valence electrons. The minimum absolute atomic E-state index is 0.0171. The summed E-state index contributed by atoms with van der Waals surface area (Å²) in [6, 6.07) is 10.2. The standard InChI is InChI=1S/C15H20N4OS/c1-11(13-7-5-4-6-8-13)9-16-14(20)10-21-15-18-17-12(2)19(15)3/h4-8,11H,9-10H2,1-3H3,(H,16,20)/t11-/m1/s1. The topological polar surface area (TPSA) is 59.8 Å². The molecule has 1 amide bonds. The zero-order valence-electron chi connectivity index (χ0n) is 12.5. The highest BCUT2D eigenvalue weighted by molar-refractivity contribution is 7.99. The Morgan fingerprint density at radius 1 is 1.33 bits per heavy atom. The first-order chi connectivity index (χ1) is 10.1. The second-order valence-corrected chi connectivity index (χ2v) is 5.94. The summed E-state index contributed by atoms with van der Waals surface area (Å²) in [5.74, 6) is 1.52. The van der Waals surface area contributed by atoms with Gasteiger partial charge in [0.05, 0.1) is 5.75 Å². The molecule has 1 aromatic carbocycles. The third kappa shape index (κ3) is 4.32. The lowest BCUT2D eigenvalue weighted by Gasteiger charge is -2.12. The smallest absolute Gasteiger partial charge is 0.230 e. The van der Waals surface area contributed by atoms with Crippen molar-refractivity contribution in [3.05, 3.63) is 41.7 Å². The Balaban J connectivity index is 1.76. The number of nitrogens with one attached hydrogen (secondary N) is 1. The lowest BCUT2D eigenvalue weighted by atomic mass is 10.0. The quantitative estimate of drug-likeness (QED) is 0.831. The predicted molar refractivity (Wildman–Crippen MR) is 84.3 cm³/mol. The van der Waals surface area contributed by atoms with Crippen molar-refractivity contribution in [2.75, 3.05) is 12.3 Å². The SMILES string of the molecule is Cc1nnc(SCC(=O)NC[C@@H](C)c2ccccc2)n1C. The summed E-state index contributed by atoms with van der Waals surface area (Å²) >= 11 is 1.40. The average molecular weight is 304 g/mol. The number of nitrogens with zero attached hydrogens (tertiary/aromatic N) is 3. The minimum Gasteiger partial charge on any atom is -0.355 e. The van der Waals surface area contributed by atoms with E-state index >= 15 is 0 Å². The number of amides is 1. The van der Waals surface area contributed by atoms with Crippen LogP contribution in [0.5, 0.6) is 0 Å². The van der Waals surface area contributed by atoms with Crippen LogP contribution in [0.3, 0.4) is 0 Å². The molecule has 6 heteroatoms. The summed E-state index contributed by atoms with van der Waals surface area (Å²) in [5, 5.41) is 11.7. The molecule has 0 unspecified atom stereocenters. The highest BCUT2D eigenvalue weighted by atomic mass is 32.2. The van der Waals surface area contributed by atoms with Gasteiger partial charge in [0.25, 0.3) is 0 Å². The highest BCUT2D eigenvalue weighted by Crippen LogP contribution is 2.15. The third-order valence-electron chi connectivity index (χ3n) is 3.36. The first kappa shape index (κ1) is 15.6. The molecule has 21 heavy (non-hydrogen) atoms. The van der Waals surface area contributed by atoms with Crippen molar-refractivity contribution in [3.63, 3.8) is 0 Å². The lowest BCUT2D eigenvalue weighted by Crippen LogP contribution is -2.29. The molecule has 5 nitrogen and oxygen atoms in total. The molecule has 0 fully saturated rings. The molecule has 0 saturated heterocycles. The first-order valence-corrected chi connectivity index (χ1v) is 7.87. The van der Waals surface area contributed by atoms with Crippen molar-refractivity contribution in [3.8, 4) is 0 Å². The Morgan fingerprint density at radius 2 is 2.05 bits per heavy atom. The van der Waals surface area contributed by atoms with Crippen LogP contribution in [-0.2, 0) is 11.8 Å². The number of rotatable bonds is 6. The number of aryl methyl sites for hydroxylation is 1. The van der Waals surface area contributed by atoms with E-state index in [2.05, 4.69) is 34.6 Å². The van der Waals surface area contributed by atoms with Crippen LogP contribution in [0, 0.1) is 6.92 Å². The molecule has 2 rings (SSSR count). The maximum absolute atomic E-state index is 11.9. The zero-order chi connectivity index (χ0) is 15.2. The molecule has 1 N–H and O–H groups in total. The van der Waals surface area contributed by atoms with Crippen molar-refractivity contribution in [2.24, 2.45) is 7.05 Å². The number of benzene rings is 1. The summed E-state index contributed by atoms with van der Waals surface area (Å²) in [6.07, 6.45) is 0. The Labute approximate surface area is 129 Å². The van der Waals surface area contributed by atoms with Crippen LogP contribution >= 0.6 is 11.8 Å². The van der Waals surface area contributed by atoms with Crippen LogP contribution in [0.15, 0.2) is 35.5 Å². The van der Waals surface area contributed by atoms with Gasteiger partial charge in [-0.3, -0.25) is 4.79 Å². The largest absolute Gasteiger partial charge is 0.355 e. The maximum atomic E-state index is 11.9. The molecule has 2 aromatic rings. The molecular weight excluding hydrogens is 284 g/mol. The van der Waals surface area contributed by atoms with Gasteiger partial charge in [-0.05, 0) is 18.4 Å². The highest BCUT2D eigenvalue weighted by Gasteiger charge is 2.10. The van der Waals surface area contributed by atoms with Crippen LogP contribution in [0.1, 0.15) is 24.2 Å². The molecule has 0 radical (unpaired) electrons. The normalized spacial score (nSPS) is 12.1. The van der Waals surface area contributed by atoms with Crippen LogP contribution in [0.4, 0.5) is 0 Å². The molecular formula is C15H20N4OS. The van der Waals surface area contributed by atoms with Crippen molar-refractivity contribution >= 4 is 17.7 Å². The number of aromatic nitrogens is 3. The Hall–Kier alpha value is -1.82. The molecule has 1 aromatic heterocycles. The molecule has 0 aliphatic rings. The lowest BCUT2D eigenvalue weighted by molar-refractivity contribution is -0.118. The van der Waals surface area contributed by atoms with Gasteiger partial charge in [-0.25, -0.2) is 0 Å². The van der Waals surface area contributed by atoms with E-state index in [1.807, 2.05) is 36.7 Å². The van der Waals surface area contributed by atoms with Gasteiger partial charge in [0.15, 0.2) is 5.16 Å². The molecule has 0 bridgehead atoms. The first-order valence-electron chi connectivity index (χ1n) is 6.88. The van der Waals surface area contributed by atoms with E-state index in [1.165, 1.54) is 17.3 Å². The van der Waals surface area contributed by atoms with E-state index in [4.69, 9.17) is 0 Å². The van der Waals surface area contributed by atoms with E-state index in [-0.39, 0.29) is 5.91 Å². The summed E-state index contributed by atoms with van der Waals surface area (Å²) in [4.78, 5) is 11.9. The second kappa shape index (κ2) is 7.26. The molecule has 0 saturated carbocycles. The Kier molecular flexibility index (Phi) is 5.38. The van der Waals surface area contributed by atoms with E-state index in [1.54, 1.807) is 0 Å². The van der Waals surface area contributed by atoms with Gasteiger partial charge in [-0.2, -0.15) is 0 Å². The van der Waals surface area contributed by atoms with Gasteiger partial charge in [0.1, 0.15) is 5.82 Å². The van der Waals surface area contributed by atoms with Crippen LogP contribution in [0.2, 0.25) is 0 Å². The van der Waals surface area contributed by atoms with Crippen molar-refractivity contribution in [1.82, 2.24) is 20.1 Å². The third-order valence-corrected chi connectivity index (χ3v) is 4.38. The van der Waals surface area contributed by atoms with Crippen molar-refractivity contribution in [1.29, 1.82) is 0 Å². The minimum atomic E-state index is 0.0171. The number of carbonyl (C=O) groups is 1. The van der Waals surface area contributed by atoms with Gasteiger partial charge in [-0.15, -0.1) is 10.2 Å². The average Bonchev–Trinajstić information content (AvgIpc) is 2.83. The number of carbonyl (C=O) groups excluding carboxylic acids is 1. The predicted octanol–water partition coefficient (Wildman–Crippen LogP) is 2.14. The maximum Gasteiger partial charge on any atom is 0.230 e. The van der Waals surface area contributed by atoms with Gasteiger partial charge in [0, 0.05) is 13.6 Å². The molecule has 0 spiro atoms. The van der Waals surface area contributed by atoms with Gasteiger partial charge >= 0.3 is 0 Å². The molecule has 0 aliphatic heterocycles. The van der Waals surface area contributed by atoms with Gasteiger partial charge in [0.2, 0.25) is 5.91 Å². The second-order valence-electron chi connectivity index (χ2n) is 4.99. The van der Waals surface area contributed by atoms with Crippen molar-refractivity contribution in [2.45, 2.75) is 24.9 Å². The van der Waals surface area contributed by atoms with E-state index in [0.29, 0.717) is 18.2 Å². The van der Waals surface area contributed by atoms with E-state index in [0.717, 1.165) is 11.0 Å². The van der Waals surface area contributed by atoms with Crippen LogP contribution in [0.25, 0.3) is 0 Å². The van der Waals surface area contributed by atoms with E-state index < -0.39 is 0 Å². The van der Waals surface area contributed by atoms with Crippen LogP contribution < -0.4 is 5.32 Å². The summed E-state index contributed by atoms with van der Waals surface area (Å²) in [7, 11) is 1.90. The zero-order valence-corrected chi connectivity index (χ0v) is 13.4. The van der Waals surface area contributed by atoms with Gasteiger partial charge in [-0.1, -0.05) is 49.0 Å². The summed E-state index contributed by atoms with van der Waals surface area (Å²) in [6.45, 7) is 4.63. The fourth-order valence-corrected chi connectivity index (χ4v) is 2.65. The molecule has 1 heterocycles. The summed E-state index contributed by atoms with van der Waals surface area (Å²) < 4.78 is 1.88. The molecule has 1 atom stereocenters. The summed E-state index contributed by atoms with van der Waals surface area (Å²) in [5.41, 5.74) is 1.23. The Bertz CT molecular complexity index is 597. The number of hydrogen-bond acceptors (Lipinski definition) is 4. The fourth-order valence-electron chi connectivity index (χ4n) is 1.86. The van der Waals surface area contributed by atoms with E-state index in [9.17, 15) is 4.79 Å². The number of thioether (sulfide) groups is 1.